The van der Waals surface area contributed by atoms with E-state index in [1.54, 1.807) is 13.0 Å². The van der Waals surface area contributed by atoms with Crippen LogP contribution in [-0.4, -0.2) is 21.9 Å². The molecule has 0 aliphatic heterocycles. The molecule has 0 unspecified atom stereocenters. The molecule has 3 rings (SSSR count). The number of aromatic nitrogens is 1. The van der Waals surface area contributed by atoms with Crippen molar-refractivity contribution in [3.05, 3.63) is 81.4 Å². The minimum absolute atomic E-state index is 0.195. The van der Waals surface area contributed by atoms with Gasteiger partial charge in [-0.3, -0.25) is 9.59 Å². The second-order valence-electron chi connectivity index (χ2n) is 7.05. The van der Waals surface area contributed by atoms with E-state index in [4.69, 9.17) is 0 Å². The number of benzene rings is 2. The van der Waals surface area contributed by atoms with E-state index in [1.165, 1.54) is 37.4 Å². The van der Waals surface area contributed by atoms with E-state index in [1.807, 2.05) is 0 Å². The highest BCUT2D eigenvalue weighted by atomic mass is 19.4. The zero-order valence-corrected chi connectivity index (χ0v) is 17.0. The lowest BCUT2D eigenvalue weighted by atomic mass is 10.0. The van der Waals surface area contributed by atoms with Crippen LogP contribution in [0.15, 0.2) is 53.3 Å². The standard InChI is InChI=1S/C22H18F4N2O4/c1-12-6-14(9-15(23)7-12)18-10-17(19(29)21(31)28(18)2)20(30)27-11-13-4-3-5-16(8-13)32-22(24,25)26/h3-10,29H,11H2,1-2H3,(H,27,30). The van der Waals surface area contributed by atoms with Crippen molar-refractivity contribution in [3.63, 3.8) is 0 Å². The molecule has 3 aromatic rings. The Morgan fingerprint density at radius 2 is 1.88 bits per heavy atom. The van der Waals surface area contributed by atoms with E-state index in [9.17, 15) is 32.3 Å². The van der Waals surface area contributed by atoms with Crippen LogP contribution in [0, 0.1) is 12.7 Å². The number of aryl methyl sites for hydroxylation is 1. The number of hydrogen-bond acceptors (Lipinski definition) is 4. The van der Waals surface area contributed by atoms with Crippen molar-refractivity contribution >= 4 is 5.91 Å². The lowest BCUT2D eigenvalue weighted by Crippen LogP contribution is -2.27. The average Bonchev–Trinajstić information content (AvgIpc) is 2.69. The van der Waals surface area contributed by atoms with E-state index >= 15 is 0 Å². The zero-order valence-electron chi connectivity index (χ0n) is 17.0. The third kappa shape index (κ3) is 5.26. The molecule has 0 saturated carbocycles. The first-order valence-corrected chi connectivity index (χ1v) is 9.28. The molecule has 0 radical (unpaired) electrons. The lowest BCUT2D eigenvalue weighted by molar-refractivity contribution is -0.274. The van der Waals surface area contributed by atoms with Gasteiger partial charge in [-0.25, -0.2) is 4.39 Å². The number of nitrogens with one attached hydrogen (secondary N) is 1. The predicted molar refractivity (Wildman–Crippen MR) is 108 cm³/mol. The van der Waals surface area contributed by atoms with Gasteiger partial charge in [-0.15, -0.1) is 13.2 Å². The van der Waals surface area contributed by atoms with E-state index < -0.39 is 35.1 Å². The van der Waals surface area contributed by atoms with Gasteiger partial charge < -0.3 is 19.7 Å². The highest BCUT2D eigenvalue weighted by Crippen LogP contribution is 2.25. The van der Waals surface area contributed by atoms with Crippen molar-refractivity contribution in [1.82, 2.24) is 9.88 Å². The maximum atomic E-state index is 13.8. The molecule has 1 heterocycles. The number of carbonyl (C=O) groups excluding carboxylic acids is 1. The molecule has 0 bridgehead atoms. The van der Waals surface area contributed by atoms with Crippen molar-refractivity contribution in [1.29, 1.82) is 0 Å². The molecule has 0 atom stereocenters. The fraction of sp³-hybridized carbons (Fsp3) is 0.182. The van der Waals surface area contributed by atoms with Gasteiger partial charge in [0, 0.05) is 19.2 Å². The maximum absolute atomic E-state index is 13.8. The monoisotopic (exact) mass is 450 g/mol. The molecule has 168 valence electrons. The van der Waals surface area contributed by atoms with Gasteiger partial charge in [0.25, 0.3) is 11.5 Å². The molecule has 0 spiro atoms. The molecule has 0 aliphatic carbocycles. The Morgan fingerprint density at radius 3 is 2.53 bits per heavy atom. The van der Waals surface area contributed by atoms with Crippen LogP contribution in [0.5, 0.6) is 11.5 Å². The first-order chi connectivity index (χ1) is 14.9. The van der Waals surface area contributed by atoms with Crippen molar-refractivity contribution in [3.8, 4) is 22.8 Å². The van der Waals surface area contributed by atoms with Gasteiger partial charge >= 0.3 is 6.36 Å². The Balaban J connectivity index is 1.88. The number of rotatable bonds is 5. The van der Waals surface area contributed by atoms with Gasteiger partial charge in [0.05, 0.1) is 11.3 Å². The summed E-state index contributed by atoms with van der Waals surface area (Å²) in [6, 6.07) is 10.3. The fourth-order valence-electron chi connectivity index (χ4n) is 3.15. The summed E-state index contributed by atoms with van der Waals surface area (Å²) in [6.07, 6.45) is -4.86. The number of carbonyl (C=O) groups is 1. The van der Waals surface area contributed by atoms with E-state index in [0.29, 0.717) is 16.7 Å². The summed E-state index contributed by atoms with van der Waals surface area (Å²) in [7, 11) is 1.37. The number of pyridine rings is 1. The number of aromatic hydroxyl groups is 1. The Hall–Kier alpha value is -3.82. The number of alkyl halides is 3. The average molecular weight is 450 g/mol. The quantitative estimate of drug-likeness (QED) is 0.576. The van der Waals surface area contributed by atoms with E-state index in [2.05, 4.69) is 10.1 Å². The molecule has 0 saturated heterocycles. The molecule has 2 N–H and O–H groups in total. The lowest BCUT2D eigenvalue weighted by Gasteiger charge is -2.14. The SMILES string of the molecule is Cc1cc(F)cc(-c2cc(C(=O)NCc3cccc(OC(F)(F)F)c3)c(O)c(=O)n2C)c1. The van der Waals surface area contributed by atoms with Crippen LogP contribution in [-0.2, 0) is 13.6 Å². The van der Waals surface area contributed by atoms with Crippen LogP contribution in [0.1, 0.15) is 21.5 Å². The normalized spacial score (nSPS) is 11.3. The van der Waals surface area contributed by atoms with Crippen LogP contribution in [0.25, 0.3) is 11.3 Å². The molecule has 6 nitrogen and oxygen atoms in total. The largest absolute Gasteiger partial charge is 0.573 e. The number of ether oxygens (including phenoxy) is 1. The van der Waals surface area contributed by atoms with Crippen LogP contribution >= 0.6 is 0 Å². The summed E-state index contributed by atoms with van der Waals surface area (Å²) >= 11 is 0. The molecule has 0 aliphatic rings. The molecule has 0 fully saturated rings. The van der Waals surface area contributed by atoms with Crippen LogP contribution in [0.3, 0.4) is 0 Å². The molecule has 32 heavy (non-hydrogen) atoms. The van der Waals surface area contributed by atoms with Crippen LogP contribution in [0.2, 0.25) is 0 Å². The van der Waals surface area contributed by atoms with Gasteiger partial charge in [-0.1, -0.05) is 12.1 Å². The van der Waals surface area contributed by atoms with Gasteiger partial charge in [0.15, 0.2) is 5.75 Å². The Morgan fingerprint density at radius 1 is 1.16 bits per heavy atom. The fourth-order valence-corrected chi connectivity index (χ4v) is 3.15. The summed E-state index contributed by atoms with van der Waals surface area (Å²) in [5.41, 5.74) is 0.189. The van der Waals surface area contributed by atoms with E-state index in [0.717, 1.165) is 16.7 Å². The zero-order chi connectivity index (χ0) is 23.6. The third-order valence-electron chi connectivity index (χ3n) is 4.57. The molecule has 1 aromatic heterocycles. The highest BCUT2D eigenvalue weighted by molar-refractivity contribution is 5.97. The minimum Gasteiger partial charge on any atom is -0.502 e. The van der Waals surface area contributed by atoms with Gasteiger partial charge in [-0.2, -0.15) is 0 Å². The summed E-state index contributed by atoms with van der Waals surface area (Å²) in [5, 5.41) is 12.6. The third-order valence-corrected chi connectivity index (χ3v) is 4.57. The smallest absolute Gasteiger partial charge is 0.502 e. The maximum Gasteiger partial charge on any atom is 0.573 e. The second kappa shape index (κ2) is 8.74. The first kappa shape index (κ1) is 22.9. The van der Waals surface area contributed by atoms with Gasteiger partial charge in [0.2, 0.25) is 0 Å². The van der Waals surface area contributed by atoms with Crippen molar-refractivity contribution in [2.75, 3.05) is 0 Å². The number of amides is 1. The van der Waals surface area contributed by atoms with Crippen LogP contribution < -0.4 is 15.6 Å². The minimum atomic E-state index is -4.86. The van der Waals surface area contributed by atoms with E-state index in [-0.39, 0.29) is 17.8 Å². The molecular weight excluding hydrogens is 432 g/mol. The molecule has 2 aromatic carbocycles. The Bertz CT molecular complexity index is 1220. The van der Waals surface area contributed by atoms with Crippen molar-refractivity contribution in [2.24, 2.45) is 7.05 Å². The Labute approximate surface area is 179 Å². The topological polar surface area (TPSA) is 80.6 Å². The number of nitrogens with zero attached hydrogens (tertiary/aromatic N) is 1. The van der Waals surface area contributed by atoms with Crippen molar-refractivity contribution < 1.29 is 32.2 Å². The van der Waals surface area contributed by atoms with Gasteiger partial charge in [-0.05, 0) is 54.4 Å². The van der Waals surface area contributed by atoms with Crippen LogP contribution in [0.4, 0.5) is 17.6 Å². The summed E-state index contributed by atoms with van der Waals surface area (Å²) in [5.74, 6) is -2.63. The Kier molecular flexibility index (Phi) is 6.24. The first-order valence-electron chi connectivity index (χ1n) is 9.28. The van der Waals surface area contributed by atoms with Gasteiger partial charge in [0.1, 0.15) is 11.6 Å². The summed E-state index contributed by atoms with van der Waals surface area (Å²) in [6.45, 7) is 1.46. The van der Waals surface area contributed by atoms with Crippen molar-refractivity contribution in [2.45, 2.75) is 19.8 Å². The molecular formula is C22H18F4N2O4. The molecule has 10 heteroatoms. The second-order valence-corrected chi connectivity index (χ2v) is 7.05. The summed E-state index contributed by atoms with van der Waals surface area (Å²) < 4.78 is 55.9. The summed E-state index contributed by atoms with van der Waals surface area (Å²) in [4.78, 5) is 25.1. The number of halogens is 4. The predicted octanol–water partition coefficient (Wildman–Crippen LogP) is 4.03. The highest BCUT2D eigenvalue weighted by Gasteiger charge is 2.31. The molecule has 1 amide bonds. The number of hydrogen-bond donors (Lipinski definition) is 2.